The first kappa shape index (κ1) is 14.1. The minimum atomic E-state index is -4.57. The van der Waals surface area contributed by atoms with Crippen LogP contribution in [-0.4, -0.2) is 25.9 Å². The lowest BCUT2D eigenvalue weighted by Gasteiger charge is -2.28. The van der Waals surface area contributed by atoms with Crippen molar-refractivity contribution in [1.29, 1.82) is 0 Å². The highest BCUT2D eigenvalue weighted by molar-refractivity contribution is 5.45. The van der Waals surface area contributed by atoms with Gasteiger partial charge in [-0.15, -0.1) is 15.3 Å². The molecule has 1 N–H and O–H groups in total. The highest BCUT2D eigenvalue weighted by atomic mass is 19.4. The van der Waals surface area contributed by atoms with Gasteiger partial charge in [0.25, 0.3) is 5.82 Å². The molecule has 21 heavy (non-hydrogen) atoms. The van der Waals surface area contributed by atoms with E-state index in [1.807, 2.05) is 0 Å². The molecule has 1 aliphatic carbocycles. The number of anilines is 1. The van der Waals surface area contributed by atoms with E-state index in [1.165, 1.54) is 6.07 Å². The van der Waals surface area contributed by atoms with Crippen molar-refractivity contribution in [1.82, 2.24) is 19.8 Å². The van der Waals surface area contributed by atoms with Crippen LogP contribution in [0.4, 0.5) is 19.0 Å². The topological polar surface area (TPSA) is 55.1 Å². The van der Waals surface area contributed by atoms with Crippen LogP contribution in [0, 0.1) is 5.41 Å². The van der Waals surface area contributed by atoms with Crippen molar-refractivity contribution in [2.45, 2.75) is 45.3 Å². The number of nitrogens with one attached hydrogen (secondary N) is 1. The first-order chi connectivity index (χ1) is 9.77. The molecule has 1 unspecified atom stereocenters. The summed E-state index contributed by atoms with van der Waals surface area (Å²) in [5.41, 5.74) is 0.190. The molecule has 1 saturated carbocycles. The lowest BCUT2D eigenvalue weighted by atomic mass is 9.87. The van der Waals surface area contributed by atoms with Crippen molar-refractivity contribution in [2.24, 2.45) is 5.41 Å². The van der Waals surface area contributed by atoms with Gasteiger partial charge in [0.1, 0.15) is 5.82 Å². The third kappa shape index (κ3) is 2.54. The van der Waals surface area contributed by atoms with E-state index in [4.69, 9.17) is 0 Å². The molecule has 3 rings (SSSR count). The van der Waals surface area contributed by atoms with E-state index in [2.05, 4.69) is 34.5 Å². The monoisotopic (exact) mass is 299 g/mol. The maximum Gasteiger partial charge on any atom is 0.453 e. The van der Waals surface area contributed by atoms with Crippen molar-refractivity contribution >= 4 is 11.5 Å². The number of aromatic nitrogens is 4. The number of alkyl halides is 3. The Morgan fingerprint density at radius 1 is 1.29 bits per heavy atom. The lowest BCUT2D eigenvalue weighted by molar-refractivity contribution is -0.146. The zero-order chi connectivity index (χ0) is 15.3. The predicted octanol–water partition coefficient (Wildman–Crippen LogP) is 3.13. The van der Waals surface area contributed by atoms with Crippen molar-refractivity contribution in [3.05, 3.63) is 18.0 Å². The third-order valence-corrected chi connectivity index (χ3v) is 4.10. The van der Waals surface area contributed by atoms with Crippen LogP contribution in [0.15, 0.2) is 12.1 Å². The van der Waals surface area contributed by atoms with E-state index in [9.17, 15) is 13.2 Å². The van der Waals surface area contributed by atoms with E-state index < -0.39 is 12.0 Å². The summed E-state index contributed by atoms with van der Waals surface area (Å²) >= 11 is 0. The normalized spacial score (nSPS) is 21.9. The van der Waals surface area contributed by atoms with Gasteiger partial charge in [0.05, 0.1) is 0 Å². The molecular formula is C13H16F3N5. The molecule has 1 fully saturated rings. The Balaban J connectivity index is 1.94. The van der Waals surface area contributed by atoms with Crippen LogP contribution in [0.5, 0.6) is 0 Å². The summed E-state index contributed by atoms with van der Waals surface area (Å²) < 4.78 is 39.2. The molecule has 1 aliphatic rings. The van der Waals surface area contributed by atoms with Crippen LogP contribution in [0.25, 0.3) is 5.65 Å². The molecular weight excluding hydrogens is 283 g/mol. The van der Waals surface area contributed by atoms with Crippen molar-refractivity contribution in [3.63, 3.8) is 0 Å². The number of hydrogen-bond acceptors (Lipinski definition) is 4. The average Bonchev–Trinajstić information content (AvgIpc) is 2.92. The number of halogens is 3. The second-order valence-electron chi connectivity index (χ2n) is 6.09. The highest BCUT2D eigenvalue weighted by Gasteiger charge is 2.38. The zero-order valence-electron chi connectivity index (χ0n) is 11.8. The standard InChI is InChI=1S/C13H16F3N5/c1-12(2)7-3-4-8(12)17-9-5-6-10-18-19-11(13(14,15)16)21(10)20-9/h5-6,8H,3-4,7H2,1-2H3,(H,17,20). The Kier molecular flexibility index (Phi) is 3.07. The number of nitrogens with zero attached hydrogens (tertiary/aromatic N) is 4. The molecule has 0 amide bonds. The predicted molar refractivity (Wildman–Crippen MR) is 70.8 cm³/mol. The maximum atomic E-state index is 12.8. The maximum absolute atomic E-state index is 12.8. The number of hydrogen-bond donors (Lipinski definition) is 1. The van der Waals surface area contributed by atoms with Gasteiger partial charge in [-0.2, -0.15) is 17.7 Å². The molecule has 0 aliphatic heterocycles. The SMILES string of the molecule is CC1(C)CCCC1Nc1ccc2nnc(C(F)(F)F)n2n1. The molecule has 0 aromatic carbocycles. The number of fused-ring (bicyclic) bond motifs is 1. The van der Waals surface area contributed by atoms with E-state index in [1.54, 1.807) is 6.07 Å². The van der Waals surface area contributed by atoms with Gasteiger partial charge in [-0.05, 0) is 30.4 Å². The van der Waals surface area contributed by atoms with Gasteiger partial charge in [0.2, 0.25) is 0 Å². The zero-order valence-corrected chi connectivity index (χ0v) is 11.8. The molecule has 8 heteroatoms. The smallest absolute Gasteiger partial charge is 0.365 e. The molecule has 0 spiro atoms. The summed E-state index contributed by atoms with van der Waals surface area (Å²) in [5.74, 6) is -0.695. The van der Waals surface area contributed by atoms with Crippen molar-refractivity contribution < 1.29 is 13.2 Å². The van der Waals surface area contributed by atoms with E-state index in [-0.39, 0.29) is 17.1 Å². The summed E-state index contributed by atoms with van der Waals surface area (Å²) in [6.07, 6.45) is -1.39. The molecule has 2 heterocycles. The van der Waals surface area contributed by atoms with E-state index in [0.717, 1.165) is 23.8 Å². The molecule has 1 atom stereocenters. The summed E-state index contributed by atoms with van der Waals surface area (Å²) in [6.45, 7) is 4.30. The minimum Gasteiger partial charge on any atom is -0.365 e. The largest absolute Gasteiger partial charge is 0.453 e. The quantitative estimate of drug-likeness (QED) is 0.925. The molecule has 0 radical (unpaired) electrons. The summed E-state index contributed by atoms with van der Waals surface area (Å²) in [7, 11) is 0. The van der Waals surface area contributed by atoms with Gasteiger partial charge >= 0.3 is 6.18 Å². The summed E-state index contributed by atoms with van der Waals surface area (Å²) in [4.78, 5) is 0. The van der Waals surface area contributed by atoms with Crippen LogP contribution in [0.3, 0.4) is 0 Å². The molecule has 5 nitrogen and oxygen atoms in total. The summed E-state index contributed by atoms with van der Waals surface area (Å²) in [5, 5.41) is 13.9. The summed E-state index contributed by atoms with van der Waals surface area (Å²) in [6, 6.07) is 3.33. The highest BCUT2D eigenvalue weighted by Crippen LogP contribution is 2.38. The van der Waals surface area contributed by atoms with Gasteiger partial charge < -0.3 is 5.32 Å². The second-order valence-corrected chi connectivity index (χ2v) is 6.09. The fourth-order valence-electron chi connectivity index (χ4n) is 2.82. The fourth-order valence-corrected chi connectivity index (χ4v) is 2.82. The lowest BCUT2D eigenvalue weighted by Crippen LogP contribution is -2.31. The van der Waals surface area contributed by atoms with E-state index >= 15 is 0 Å². The molecule has 2 aromatic rings. The molecule has 0 saturated heterocycles. The van der Waals surface area contributed by atoms with Crippen molar-refractivity contribution in [3.8, 4) is 0 Å². The van der Waals surface area contributed by atoms with Crippen LogP contribution < -0.4 is 5.32 Å². The third-order valence-electron chi connectivity index (χ3n) is 4.10. The van der Waals surface area contributed by atoms with Crippen LogP contribution in [0.2, 0.25) is 0 Å². The minimum absolute atomic E-state index is 0.0820. The van der Waals surface area contributed by atoms with Crippen molar-refractivity contribution in [2.75, 3.05) is 5.32 Å². The Bertz CT molecular complexity index is 661. The van der Waals surface area contributed by atoms with Gasteiger partial charge in [-0.1, -0.05) is 20.3 Å². The van der Waals surface area contributed by atoms with Gasteiger partial charge in [0, 0.05) is 6.04 Å². The van der Waals surface area contributed by atoms with E-state index in [0.29, 0.717) is 5.82 Å². The van der Waals surface area contributed by atoms with Gasteiger partial charge in [-0.3, -0.25) is 0 Å². The second kappa shape index (κ2) is 4.57. The van der Waals surface area contributed by atoms with Gasteiger partial charge in [0.15, 0.2) is 5.65 Å². The molecule has 114 valence electrons. The first-order valence-corrected chi connectivity index (χ1v) is 6.83. The Morgan fingerprint density at radius 3 is 2.67 bits per heavy atom. The van der Waals surface area contributed by atoms with Crippen LogP contribution in [-0.2, 0) is 6.18 Å². The Hall–Kier alpha value is -1.86. The van der Waals surface area contributed by atoms with Crippen LogP contribution >= 0.6 is 0 Å². The Labute approximate surface area is 119 Å². The number of rotatable bonds is 2. The van der Waals surface area contributed by atoms with Crippen LogP contribution in [0.1, 0.15) is 38.9 Å². The van der Waals surface area contributed by atoms with Gasteiger partial charge in [-0.25, -0.2) is 0 Å². The molecule has 0 bridgehead atoms. The first-order valence-electron chi connectivity index (χ1n) is 6.83. The fraction of sp³-hybridized carbons (Fsp3) is 0.615. The Morgan fingerprint density at radius 2 is 2.05 bits per heavy atom. The molecule has 2 aromatic heterocycles. The average molecular weight is 299 g/mol.